The summed E-state index contributed by atoms with van der Waals surface area (Å²) in [6.45, 7) is 6.41. The zero-order valence-electron chi connectivity index (χ0n) is 21.4. The van der Waals surface area contributed by atoms with E-state index in [0.717, 1.165) is 51.2 Å². The van der Waals surface area contributed by atoms with E-state index in [9.17, 15) is 18.6 Å². The molecule has 3 aliphatic carbocycles. The van der Waals surface area contributed by atoms with Crippen LogP contribution >= 0.6 is 0 Å². The van der Waals surface area contributed by atoms with Gasteiger partial charge in [0.15, 0.2) is 6.29 Å². The van der Waals surface area contributed by atoms with Crippen LogP contribution in [0.25, 0.3) is 0 Å². The summed E-state index contributed by atoms with van der Waals surface area (Å²) in [5.74, 6) is 2.37. The molecule has 0 aromatic rings. The number of ether oxygens (including phenoxy) is 2. The number of allylic oxidation sites excluding steroid dienone is 2. The Hall–Kier alpha value is -0.670. The summed E-state index contributed by atoms with van der Waals surface area (Å²) in [5, 5.41) is 21.0. The lowest BCUT2D eigenvalue weighted by atomic mass is 9.51. The SMILES string of the molecule is C/C=C(\CC[C@@]1(C)CC[C@@H](O)[C@@H]2[C@@H]1C[C@@H]1O[C@]13[C@@H]([C@H](C)CCC(O)OC)CC[C@@H]23)OS(C)(=O)=O. The zero-order valence-corrected chi connectivity index (χ0v) is 22.2. The molecule has 0 aromatic carbocycles. The average Bonchev–Trinajstić information content (AvgIpc) is 3.39. The topological polar surface area (TPSA) is 106 Å². The monoisotopic (exact) mass is 500 g/mol. The molecule has 0 amide bonds. The molecule has 7 nitrogen and oxygen atoms in total. The molecule has 0 aromatic heterocycles. The number of rotatable bonds is 10. The van der Waals surface area contributed by atoms with Crippen LogP contribution in [0.15, 0.2) is 11.8 Å². The summed E-state index contributed by atoms with van der Waals surface area (Å²) in [5.41, 5.74) is -0.0882. The summed E-state index contributed by atoms with van der Waals surface area (Å²) >= 11 is 0. The second kappa shape index (κ2) is 9.66. The van der Waals surface area contributed by atoms with Gasteiger partial charge >= 0.3 is 10.1 Å². The summed E-state index contributed by atoms with van der Waals surface area (Å²) in [6.07, 6.45) is 9.94. The van der Waals surface area contributed by atoms with Crippen molar-refractivity contribution in [1.29, 1.82) is 0 Å². The van der Waals surface area contributed by atoms with Gasteiger partial charge in [-0.2, -0.15) is 8.42 Å². The highest BCUT2D eigenvalue weighted by Gasteiger charge is 2.75. The van der Waals surface area contributed by atoms with Crippen molar-refractivity contribution in [2.24, 2.45) is 35.0 Å². The van der Waals surface area contributed by atoms with E-state index in [2.05, 4.69) is 13.8 Å². The molecule has 1 unspecified atom stereocenters. The molecule has 1 spiro atoms. The van der Waals surface area contributed by atoms with Gasteiger partial charge in [0.1, 0.15) is 11.4 Å². The molecule has 196 valence electrons. The smallest absolute Gasteiger partial charge is 0.305 e. The van der Waals surface area contributed by atoms with Crippen LogP contribution in [0.2, 0.25) is 0 Å². The molecule has 4 aliphatic rings. The van der Waals surface area contributed by atoms with Crippen LogP contribution in [0, 0.1) is 35.0 Å². The lowest BCUT2D eigenvalue weighted by Gasteiger charge is -2.53. The lowest BCUT2D eigenvalue weighted by molar-refractivity contribution is -0.0960. The largest absolute Gasteiger partial charge is 0.393 e. The maximum atomic E-state index is 11.6. The quantitative estimate of drug-likeness (QED) is 0.202. The molecular formula is C26H44O7S. The van der Waals surface area contributed by atoms with E-state index in [0.29, 0.717) is 42.3 Å². The molecule has 8 heteroatoms. The second-order valence-electron chi connectivity index (χ2n) is 11.7. The van der Waals surface area contributed by atoms with Crippen molar-refractivity contribution < 1.29 is 32.3 Å². The molecule has 1 saturated heterocycles. The van der Waals surface area contributed by atoms with Crippen molar-refractivity contribution in [3.63, 3.8) is 0 Å². The minimum Gasteiger partial charge on any atom is -0.393 e. The Labute approximate surface area is 205 Å². The first-order valence-electron chi connectivity index (χ1n) is 13.1. The van der Waals surface area contributed by atoms with E-state index < -0.39 is 16.4 Å². The number of fused-ring (bicyclic) bond motifs is 2. The van der Waals surface area contributed by atoms with Gasteiger partial charge in [0.25, 0.3) is 0 Å². The number of epoxide rings is 1. The van der Waals surface area contributed by atoms with Gasteiger partial charge in [-0.15, -0.1) is 0 Å². The number of aliphatic hydroxyl groups is 2. The second-order valence-corrected chi connectivity index (χ2v) is 13.3. The molecule has 2 N–H and O–H groups in total. The van der Waals surface area contributed by atoms with Crippen LogP contribution in [0.3, 0.4) is 0 Å². The normalized spacial score (nSPS) is 43.4. The molecular weight excluding hydrogens is 456 g/mol. The number of hydrogen-bond donors (Lipinski definition) is 2. The molecule has 10 atom stereocenters. The maximum Gasteiger partial charge on any atom is 0.305 e. The van der Waals surface area contributed by atoms with Gasteiger partial charge in [0, 0.05) is 13.5 Å². The van der Waals surface area contributed by atoms with Gasteiger partial charge in [-0.1, -0.05) is 13.8 Å². The summed E-state index contributed by atoms with van der Waals surface area (Å²) < 4.78 is 40.1. The van der Waals surface area contributed by atoms with Gasteiger partial charge in [-0.3, -0.25) is 0 Å². The molecule has 1 aliphatic heterocycles. The van der Waals surface area contributed by atoms with E-state index in [1.165, 1.54) is 7.11 Å². The predicted molar refractivity (Wildman–Crippen MR) is 129 cm³/mol. The predicted octanol–water partition coefficient (Wildman–Crippen LogP) is 3.99. The van der Waals surface area contributed by atoms with Crippen molar-refractivity contribution in [2.45, 2.75) is 103 Å². The fourth-order valence-electron chi connectivity index (χ4n) is 8.09. The van der Waals surface area contributed by atoms with Crippen LogP contribution in [0.4, 0.5) is 0 Å². The Morgan fingerprint density at radius 3 is 2.62 bits per heavy atom. The molecule has 0 radical (unpaired) electrons. The highest BCUT2D eigenvalue weighted by molar-refractivity contribution is 7.86. The molecule has 4 fully saturated rings. The van der Waals surface area contributed by atoms with Gasteiger partial charge in [-0.25, -0.2) is 0 Å². The van der Waals surface area contributed by atoms with Gasteiger partial charge in [0.2, 0.25) is 0 Å². The first-order chi connectivity index (χ1) is 15.9. The summed E-state index contributed by atoms with van der Waals surface area (Å²) in [6, 6.07) is 0. The highest BCUT2D eigenvalue weighted by atomic mass is 32.2. The van der Waals surface area contributed by atoms with E-state index in [4.69, 9.17) is 13.7 Å². The number of hydrogen-bond acceptors (Lipinski definition) is 7. The van der Waals surface area contributed by atoms with Crippen LogP contribution in [-0.4, -0.2) is 56.1 Å². The summed E-state index contributed by atoms with van der Waals surface area (Å²) in [4.78, 5) is 0. The van der Waals surface area contributed by atoms with Crippen LogP contribution in [0.1, 0.15) is 78.6 Å². The van der Waals surface area contributed by atoms with Crippen molar-refractivity contribution in [2.75, 3.05) is 13.4 Å². The van der Waals surface area contributed by atoms with E-state index >= 15 is 0 Å². The van der Waals surface area contributed by atoms with E-state index in [-0.39, 0.29) is 29.1 Å². The third kappa shape index (κ3) is 4.82. The van der Waals surface area contributed by atoms with E-state index in [1.54, 1.807) is 6.08 Å². The molecule has 1 heterocycles. The first-order valence-corrected chi connectivity index (χ1v) is 14.9. The number of aliphatic hydroxyl groups excluding tert-OH is 2. The van der Waals surface area contributed by atoms with Gasteiger partial charge in [0.05, 0.1) is 18.5 Å². The van der Waals surface area contributed by atoms with Crippen molar-refractivity contribution in [3.8, 4) is 0 Å². The van der Waals surface area contributed by atoms with Gasteiger partial charge in [-0.05, 0) is 99.4 Å². The Morgan fingerprint density at radius 1 is 1.24 bits per heavy atom. The Balaban J connectivity index is 1.48. The Kier molecular flexibility index (Phi) is 7.50. The van der Waals surface area contributed by atoms with Crippen LogP contribution in [0.5, 0.6) is 0 Å². The van der Waals surface area contributed by atoms with E-state index in [1.807, 2.05) is 6.92 Å². The van der Waals surface area contributed by atoms with Crippen molar-refractivity contribution >= 4 is 10.1 Å². The number of methoxy groups -OCH3 is 1. The lowest BCUT2D eigenvalue weighted by Crippen LogP contribution is -2.54. The maximum absolute atomic E-state index is 11.6. The third-order valence-electron chi connectivity index (χ3n) is 9.84. The minimum atomic E-state index is -3.53. The fourth-order valence-corrected chi connectivity index (χ4v) is 8.65. The Bertz CT molecular complexity index is 872. The zero-order chi connectivity index (χ0) is 24.9. The fraction of sp³-hybridized carbons (Fsp3) is 0.923. The van der Waals surface area contributed by atoms with Crippen LogP contribution < -0.4 is 0 Å². The first kappa shape index (κ1) is 26.4. The average molecular weight is 501 g/mol. The van der Waals surface area contributed by atoms with Crippen molar-refractivity contribution in [3.05, 3.63) is 11.8 Å². The Morgan fingerprint density at radius 2 is 1.97 bits per heavy atom. The molecule has 4 rings (SSSR count). The molecule has 34 heavy (non-hydrogen) atoms. The molecule has 0 bridgehead atoms. The standard InChI is InChI=1S/C26H44O7S/c1-6-17(33-34(5,29)30)11-13-25(3)14-12-21(27)24-19-9-8-18(16(2)7-10-23(28)31-4)26(19)22(32-26)15-20(24)25/h6,16,18-24,27-28H,7-15H2,1-5H3/b17-6+/t16-,18-,19+,20+,21-,22+,23?,24+,25+,26+/m1/s1. The van der Waals surface area contributed by atoms with Crippen molar-refractivity contribution in [1.82, 2.24) is 0 Å². The third-order valence-corrected chi connectivity index (χ3v) is 10.4. The summed E-state index contributed by atoms with van der Waals surface area (Å²) in [7, 11) is -2.00. The van der Waals surface area contributed by atoms with Crippen LogP contribution in [-0.2, 0) is 23.8 Å². The highest BCUT2D eigenvalue weighted by Crippen LogP contribution is 2.71. The van der Waals surface area contributed by atoms with Gasteiger partial charge < -0.3 is 23.9 Å². The minimum absolute atomic E-state index is 0.0173. The molecule has 3 saturated carbocycles.